The van der Waals surface area contributed by atoms with E-state index in [4.69, 9.17) is 0 Å². The number of imidazole rings is 1. The fourth-order valence-electron chi connectivity index (χ4n) is 2.20. The second kappa shape index (κ2) is 6.24. The Hall–Kier alpha value is -1.29. The monoisotopic (exact) mass is 277 g/mol. The first-order chi connectivity index (χ1) is 9.04. The summed E-state index contributed by atoms with van der Waals surface area (Å²) in [5.41, 5.74) is 1.08. The Bertz CT molecular complexity index is 499. The third-order valence-corrected chi connectivity index (χ3v) is 3.82. The number of hydrogen-bond donors (Lipinski definition) is 1. The highest BCUT2D eigenvalue weighted by Gasteiger charge is 2.11. The van der Waals surface area contributed by atoms with Crippen molar-refractivity contribution in [2.24, 2.45) is 5.92 Å². The molecule has 1 N–H and O–H groups in total. The molecule has 0 amide bonds. The lowest BCUT2D eigenvalue weighted by Crippen LogP contribution is -2.21. The van der Waals surface area contributed by atoms with Crippen molar-refractivity contribution in [3.63, 3.8) is 0 Å². The molecule has 2 aromatic heterocycles. The zero-order valence-electron chi connectivity index (χ0n) is 12.2. The van der Waals surface area contributed by atoms with Crippen LogP contribution in [0.15, 0.2) is 23.7 Å². The van der Waals surface area contributed by atoms with E-state index in [2.05, 4.69) is 59.3 Å². The molecular formula is C15H23N3S. The summed E-state index contributed by atoms with van der Waals surface area (Å²) in [6.45, 7) is 9.73. The summed E-state index contributed by atoms with van der Waals surface area (Å²) in [6.07, 6.45) is 3.17. The molecule has 1 atom stereocenters. The van der Waals surface area contributed by atoms with Crippen LogP contribution in [0.25, 0.3) is 0 Å². The van der Waals surface area contributed by atoms with Gasteiger partial charge in [-0.05, 0) is 31.2 Å². The molecule has 0 radical (unpaired) electrons. The number of rotatable bonds is 6. The van der Waals surface area contributed by atoms with E-state index in [9.17, 15) is 0 Å². The van der Waals surface area contributed by atoms with Gasteiger partial charge in [-0.15, -0.1) is 11.3 Å². The van der Waals surface area contributed by atoms with Gasteiger partial charge in [0.2, 0.25) is 5.95 Å². The van der Waals surface area contributed by atoms with Crippen LogP contribution in [0, 0.1) is 12.8 Å². The predicted molar refractivity (Wildman–Crippen MR) is 82.9 cm³/mol. The lowest BCUT2D eigenvalue weighted by atomic mass is 10.2. The van der Waals surface area contributed by atoms with Crippen molar-refractivity contribution in [3.8, 4) is 0 Å². The van der Waals surface area contributed by atoms with Crippen LogP contribution < -0.4 is 5.32 Å². The fourth-order valence-corrected chi connectivity index (χ4v) is 3.03. The molecule has 19 heavy (non-hydrogen) atoms. The van der Waals surface area contributed by atoms with E-state index >= 15 is 0 Å². The minimum atomic E-state index is 0.395. The van der Waals surface area contributed by atoms with E-state index in [1.807, 2.05) is 18.3 Å². The normalized spacial score (nSPS) is 12.9. The van der Waals surface area contributed by atoms with Crippen LogP contribution in [-0.4, -0.2) is 15.6 Å². The van der Waals surface area contributed by atoms with Gasteiger partial charge in [0.05, 0.1) is 5.69 Å². The Morgan fingerprint density at radius 1 is 1.37 bits per heavy atom. The number of nitrogens with one attached hydrogen (secondary N) is 1. The van der Waals surface area contributed by atoms with Crippen molar-refractivity contribution in [1.82, 2.24) is 9.55 Å². The highest BCUT2D eigenvalue weighted by Crippen LogP contribution is 2.16. The Morgan fingerprint density at radius 3 is 2.79 bits per heavy atom. The molecule has 2 aromatic rings. The molecule has 0 aromatic carbocycles. The molecule has 0 fully saturated rings. The standard InChI is InChI=1S/C15H23N3S/c1-11(2)9-18-10-13(4)17-15(18)16-12(3)8-14-6-5-7-19-14/h5-7,10-12H,8-9H2,1-4H3,(H,16,17). The van der Waals surface area contributed by atoms with Crippen molar-refractivity contribution in [2.45, 2.75) is 46.7 Å². The second-order valence-corrected chi connectivity index (χ2v) is 6.61. The van der Waals surface area contributed by atoms with E-state index in [1.54, 1.807) is 0 Å². The fraction of sp³-hybridized carbons (Fsp3) is 0.533. The maximum Gasteiger partial charge on any atom is 0.203 e. The van der Waals surface area contributed by atoms with E-state index in [1.165, 1.54) is 4.88 Å². The summed E-state index contributed by atoms with van der Waals surface area (Å²) >= 11 is 1.81. The average molecular weight is 277 g/mol. The molecule has 1 unspecified atom stereocenters. The largest absolute Gasteiger partial charge is 0.353 e. The summed E-state index contributed by atoms with van der Waals surface area (Å²) in [7, 11) is 0. The van der Waals surface area contributed by atoms with Crippen LogP contribution in [0.4, 0.5) is 5.95 Å². The van der Waals surface area contributed by atoms with Gasteiger partial charge in [-0.3, -0.25) is 0 Å². The zero-order valence-corrected chi connectivity index (χ0v) is 13.0. The SMILES string of the molecule is Cc1cn(CC(C)C)c(NC(C)Cc2cccs2)n1. The van der Waals surface area contributed by atoms with Crippen molar-refractivity contribution >= 4 is 17.3 Å². The van der Waals surface area contributed by atoms with Crippen LogP contribution >= 0.6 is 11.3 Å². The number of aryl methyl sites for hydroxylation is 1. The summed E-state index contributed by atoms with van der Waals surface area (Å²) in [5, 5.41) is 5.66. The van der Waals surface area contributed by atoms with Crippen molar-refractivity contribution in [1.29, 1.82) is 0 Å². The van der Waals surface area contributed by atoms with Crippen LogP contribution in [0.1, 0.15) is 31.3 Å². The van der Waals surface area contributed by atoms with Crippen molar-refractivity contribution in [3.05, 3.63) is 34.3 Å². The van der Waals surface area contributed by atoms with Crippen LogP contribution in [-0.2, 0) is 13.0 Å². The average Bonchev–Trinajstić information content (AvgIpc) is 2.89. The van der Waals surface area contributed by atoms with Gasteiger partial charge in [0.15, 0.2) is 0 Å². The highest BCUT2D eigenvalue weighted by atomic mass is 32.1. The summed E-state index contributed by atoms with van der Waals surface area (Å²) < 4.78 is 2.23. The molecule has 0 aliphatic heterocycles. The Labute approximate surface area is 119 Å². The predicted octanol–water partition coefficient (Wildman–Crippen LogP) is 3.95. The summed E-state index contributed by atoms with van der Waals surface area (Å²) in [4.78, 5) is 6.00. The Balaban J connectivity index is 2.01. The highest BCUT2D eigenvalue weighted by molar-refractivity contribution is 7.09. The molecule has 4 heteroatoms. The lowest BCUT2D eigenvalue weighted by molar-refractivity contribution is 0.524. The first kappa shape index (κ1) is 14.1. The van der Waals surface area contributed by atoms with Gasteiger partial charge in [0.1, 0.15) is 0 Å². The zero-order chi connectivity index (χ0) is 13.8. The first-order valence-electron chi connectivity index (χ1n) is 6.87. The van der Waals surface area contributed by atoms with E-state index in [0.717, 1.165) is 24.6 Å². The first-order valence-corrected chi connectivity index (χ1v) is 7.75. The molecular weight excluding hydrogens is 254 g/mol. The van der Waals surface area contributed by atoms with E-state index in [0.29, 0.717) is 12.0 Å². The maximum atomic E-state index is 4.59. The van der Waals surface area contributed by atoms with Crippen molar-refractivity contribution < 1.29 is 0 Å². The third kappa shape index (κ3) is 4.10. The van der Waals surface area contributed by atoms with Gasteiger partial charge >= 0.3 is 0 Å². The van der Waals surface area contributed by atoms with E-state index in [-0.39, 0.29) is 0 Å². The number of hydrogen-bond acceptors (Lipinski definition) is 3. The van der Waals surface area contributed by atoms with Crippen LogP contribution in [0.5, 0.6) is 0 Å². The second-order valence-electron chi connectivity index (χ2n) is 5.58. The minimum Gasteiger partial charge on any atom is -0.353 e. The Morgan fingerprint density at radius 2 is 2.16 bits per heavy atom. The molecule has 2 heterocycles. The quantitative estimate of drug-likeness (QED) is 0.866. The third-order valence-electron chi connectivity index (χ3n) is 2.92. The topological polar surface area (TPSA) is 29.9 Å². The van der Waals surface area contributed by atoms with Crippen LogP contribution in [0.2, 0.25) is 0 Å². The maximum absolute atomic E-state index is 4.59. The molecule has 0 bridgehead atoms. The molecule has 2 rings (SSSR count). The molecule has 0 aliphatic carbocycles. The lowest BCUT2D eigenvalue weighted by Gasteiger charge is -2.16. The summed E-state index contributed by atoms with van der Waals surface area (Å²) in [6, 6.07) is 4.69. The van der Waals surface area contributed by atoms with Crippen LogP contribution in [0.3, 0.4) is 0 Å². The molecule has 0 saturated heterocycles. The molecule has 0 saturated carbocycles. The molecule has 0 spiro atoms. The van der Waals surface area contributed by atoms with E-state index < -0.39 is 0 Å². The van der Waals surface area contributed by atoms with Gasteiger partial charge in [0, 0.05) is 30.1 Å². The Kier molecular flexibility index (Phi) is 4.64. The van der Waals surface area contributed by atoms with Gasteiger partial charge < -0.3 is 9.88 Å². The number of thiophene rings is 1. The minimum absolute atomic E-state index is 0.395. The van der Waals surface area contributed by atoms with Gasteiger partial charge in [-0.1, -0.05) is 19.9 Å². The number of aromatic nitrogens is 2. The van der Waals surface area contributed by atoms with Gasteiger partial charge in [-0.25, -0.2) is 4.98 Å². The number of anilines is 1. The van der Waals surface area contributed by atoms with Gasteiger partial charge in [0.25, 0.3) is 0 Å². The van der Waals surface area contributed by atoms with Crippen molar-refractivity contribution in [2.75, 3.05) is 5.32 Å². The summed E-state index contributed by atoms with van der Waals surface area (Å²) in [5.74, 6) is 1.62. The smallest absolute Gasteiger partial charge is 0.203 e. The molecule has 0 aliphatic rings. The molecule has 3 nitrogen and oxygen atoms in total. The number of nitrogens with zero attached hydrogens (tertiary/aromatic N) is 2. The molecule has 104 valence electrons. The van der Waals surface area contributed by atoms with Gasteiger partial charge in [-0.2, -0.15) is 0 Å².